The molecule has 3 aromatic rings. The van der Waals surface area contributed by atoms with Crippen LogP contribution in [0, 0.1) is 29.0 Å². The van der Waals surface area contributed by atoms with Crippen LogP contribution in [0.1, 0.15) is 114 Å². The van der Waals surface area contributed by atoms with Gasteiger partial charge in [0.2, 0.25) is 0 Å². The van der Waals surface area contributed by atoms with E-state index in [1.54, 1.807) is 17.7 Å². The largest absolute Gasteiger partial charge is 0.392 e. The van der Waals surface area contributed by atoms with Gasteiger partial charge in [0.1, 0.15) is 17.7 Å². The lowest BCUT2D eigenvalue weighted by molar-refractivity contribution is 0.0440. The number of aromatic nitrogens is 3. The van der Waals surface area contributed by atoms with Gasteiger partial charge < -0.3 is 29.5 Å². The molecule has 0 fully saturated rings. The summed E-state index contributed by atoms with van der Waals surface area (Å²) in [5, 5.41) is 27.8. The quantitative estimate of drug-likeness (QED) is 0.0656. The molecule has 0 aliphatic rings. The Morgan fingerprint density at radius 1 is 0.979 bits per heavy atom. The van der Waals surface area contributed by atoms with Crippen LogP contribution < -0.4 is 5.73 Å². The number of methoxy groups -OCH3 is 1. The van der Waals surface area contributed by atoms with E-state index in [2.05, 4.69) is 23.6 Å². The van der Waals surface area contributed by atoms with Crippen molar-refractivity contribution in [2.45, 2.75) is 116 Å². The number of rotatable bonds is 23. The van der Waals surface area contributed by atoms with Crippen molar-refractivity contribution in [3.8, 4) is 12.6 Å². The number of hydrogen-bond acceptors (Lipinski definition) is 10. The van der Waals surface area contributed by atoms with E-state index in [1.165, 1.54) is 89.1 Å². The van der Waals surface area contributed by atoms with Crippen molar-refractivity contribution in [3.05, 3.63) is 59.3 Å². The molecular formula is C35H54FN6O5P. The molecule has 1 aromatic carbocycles. The van der Waals surface area contributed by atoms with Crippen molar-refractivity contribution in [1.82, 2.24) is 14.6 Å². The number of hydrogen-bond donors (Lipinski definition) is 3. The van der Waals surface area contributed by atoms with Gasteiger partial charge in [0, 0.05) is 19.4 Å². The first-order chi connectivity index (χ1) is 23.4. The zero-order valence-electron chi connectivity index (χ0n) is 28.6. The molecule has 2 aromatic heterocycles. The van der Waals surface area contributed by atoms with E-state index in [0.29, 0.717) is 18.0 Å². The van der Waals surface area contributed by atoms with E-state index >= 15 is 0 Å². The fourth-order valence-electron chi connectivity index (χ4n) is 5.03. The molecule has 48 heavy (non-hydrogen) atoms. The Hall–Kier alpha value is -3.22. The van der Waals surface area contributed by atoms with Crippen LogP contribution in [0.25, 0.3) is 5.52 Å². The Morgan fingerprint density at radius 2 is 1.60 bits per heavy atom. The Balaban J connectivity index is 0.000000741. The predicted molar refractivity (Wildman–Crippen MR) is 187 cm³/mol. The highest BCUT2D eigenvalue weighted by atomic mass is 31.2. The molecule has 0 saturated carbocycles. The lowest BCUT2D eigenvalue weighted by atomic mass is 10.0. The molecule has 0 amide bonds. The Labute approximate surface area is 286 Å². The molecule has 0 radical (unpaired) electrons. The lowest BCUT2D eigenvalue weighted by Crippen LogP contribution is -2.18. The van der Waals surface area contributed by atoms with Crippen LogP contribution in [0.3, 0.4) is 0 Å². The van der Waals surface area contributed by atoms with Gasteiger partial charge in [-0.1, -0.05) is 84.0 Å². The van der Waals surface area contributed by atoms with Gasteiger partial charge >= 0.3 is 8.60 Å². The number of nitrogens with zero attached hydrogens (tertiary/aromatic N) is 5. The van der Waals surface area contributed by atoms with Crippen LogP contribution in [-0.2, 0) is 26.8 Å². The molecule has 0 spiro atoms. The Bertz CT molecular complexity index is 1320. The van der Waals surface area contributed by atoms with Crippen molar-refractivity contribution in [3.63, 3.8) is 0 Å². The Kier molecular flexibility index (Phi) is 24.7. The number of nitriles is 2. The maximum absolute atomic E-state index is 12.5. The fourth-order valence-corrected chi connectivity index (χ4v) is 5.68. The van der Waals surface area contributed by atoms with Gasteiger partial charge in [0.15, 0.2) is 5.82 Å². The number of nitrogen functional groups attached to an aromatic ring is 1. The summed E-state index contributed by atoms with van der Waals surface area (Å²) >= 11 is 0. The third-order valence-electron chi connectivity index (χ3n) is 7.71. The highest BCUT2D eigenvalue weighted by Gasteiger charge is 2.15. The molecule has 266 valence electrons. The molecule has 2 atom stereocenters. The summed E-state index contributed by atoms with van der Waals surface area (Å²) in [5.74, 6) is -0.0301. The Morgan fingerprint density at radius 3 is 2.19 bits per heavy atom. The summed E-state index contributed by atoms with van der Waals surface area (Å²) in [5.41, 5.74) is 8.36. The highest BCUT2D eigenvalue weighted by Crippen LogP contribution is 2.33. The second kappa shape index (κ2) is 27.7. The van der Waals surface area contributed by atoms with Gasteiger partial charge in [-0.05, 0) is 55.2 Å². The molecule has 4 N–H and O–H groups in total. The first-order valence-corrected chi connectivity index (χ1v) is 18.0. The maximum atomic E-state index is 12.5. The van der Waals surface area contributed by atoms with Crippen LogP contribution in [0.2, 0.25) is 0 Å². The summed E-state index contributed by atoms with van der Waals surface area (Å²) in [6.45, 7) is 6.35. The molecule has 13 heteroatoms. The van der Waals surface area contributed by atoms with Gasteiger partial charge in [-0.15, -0.1) is 0 Å². The van der Waals surface area contributed by atoms with E-state index in [-0.39, 0.29) is 24.9 Å². The predicted octanol–water partition coefficient (Wildman–Crippen LogP) is 7.93. The molecule has 2 unspecified atom stereocenters. The van der Waals surface area contributed by atoms with Crippen molar-refractivity contribution in [2.24, 2.45) is 0 Å². The minimum atomic E-state index is -1.87. The molecule has 3 rings (SSSR count). The van der Waals surface area contributed by atoms with Crippen LogP contribution in [0.5, 0.6) is 0 Å². The summed E-state index contributed by atoms with van der Waals surface area (Å²) in [6.07, 6.45) is 19.8. The number of anilines is 1. The van der Waals surface area contributed by atoms with Gasteiger partial charge in [-0.2, -0.15) is 10.4 Å². The van der Waals surface area contributed by atoms with Crippen molar-refractivity contribution in [1.29, 1.82) is 10.5 Å². The molecule has 0 saturated heterocycles. The fraction of sp³-hybridized carbons (Fsp3) is 0.600. The van der Waals surface area contributed by atoms with Crippen LogP contribution in [-0.4, -0.2) is 51.0 Å². The minimum absolute atomic E-state index is 0.142. The van der Waals surface area contributed by atoms with E-state index in [1.807, 2.05) is 12.1 Å². The summed E-state index contributed by atoms with van der Waals surface area (Å²) in [4.78, 5) is 14.0. The number of unbranched alkanes of at least 4 members (excludes halogenated alkanes) is 12. The summed E-state index contributed by atoms with van der Waals surface area (Å²) < 4.78 is 30.8. The molecule has 0 aliphatic carbocycles. The topological polar surface area (TPSA) is 172 Å². The first kappa shape index (κ1) is 42.8. The number of aliphatic hydroxyl groups excluding tert-OH is 1. The van der Waals surface area contributed by atoms with E-state index < -0.39 is 14.4 Å². The molecule has 11 nitrogen and oxygen atoms in total. The monoisotopic (exact) mass is 688 g/mol. The van der Waals surface area contributed by atoms with Crippen molar-refractivity contribution < 1.29 is 28.2 Å². The average Bonchev–Trinajstić information content (AvgIpc) is 3.53. The van der Waals surface area contributed by atoms with E-state index in [4.69, 9.17) is 35.1 Å². The van der Waals surface area contributed by atoms with E-state index in [0.717, 1.165) is 43.0 Å². The minimum Gasteiger partial charge on any atom is -0.392 e. The van der Waals surface area contributed by atoms with Crippen LogP contribution in [0.15, 0.2) is 36.7 Å². The standard InChI is InChI=1S/C26H47N4O4P.C8H6FNO.CHN/c1-3-4-5-6-7-8-9-10-11-12-13-14-15-20-33-35(31)34-21-24(32-2)18-16-23-17-19-25-26(27)28-22-29-30(23)25;9-8-2-6(4-10)1-7(3-8)5-11;1-2/h17,19,22,24,31H,3-16,18,20-21H2,1-2H3,(H2,27,28,29);1-3,11H,5H2;1H. The van der Waals surface area contributed by atoms with Crippen LogP contribution in [0.4, 0.5) is 10.2 Å². The van der Waals surface area contributed by atoms with Crippen molar-refractivity contribution in [2.75, 3.05) is 26.1 Å². The first-order valence-electron chi connectivity index (χ1n) is 16.8. The number of halogens is 1. The maximum Gasteiger partial charge on any atom is 0.329 e. The average molecular weight is 689 g/mol. The zero-order chi connectivity index (χ0) is 35.4. The summed E-state index contributed by atoms with van der Waals surface area (Å²) in [6, 6.07) is 9.47. The SMILES string of the molecule is C#N.CCCCCCCCCCCCCCCOP(O)OCC(CCc1ccc2c(N)ncnn12)OC.N#Cc1cc(F)cc(CO)c1. The third kappa shape index (κ3) is 18.4. The number of nitrogens with two attached hydrogens (primary N) is 1. The second-order valence-corrected chi connectivity index (χ2v) is 12.4. The number of aryl methyl sites for hydroxylation is 1. The summed E-state index contributed by atoms with van der Waals surface area (Å²) in [7, 11) is -0.219. The van der Waals surface area contributed by atoms with Crippen molar-refractivity contribution >= 4 is 19.9 Å². The smallest absolute Gasteiger partial charge is 0.329 e. The number of ether oxygens (including phenoxy) is 1. The van der Waals surface area contributed by atoms with Gasteiger partial charge in [0.25, 0.3) is 0 Å². The second-order valence-electron chi connectivity index (χ2n) is 11.4. The lowest BCUT2D eigenvalue weighted by Gasteiger charge is -2.17. The molecule has 0 aliphatic heterocycles. The third-order valence-corrected chi connectivity index (χ3v) is 8.48. The van der Waals surface area contributed by atoms with Gasteiger partial charge in [-0.25, -0.2) is 19.2 Å². The van der Waals surface area contributed by atoms with Gasteiger partial charge in [0.05, 0.1) is 37.6 Å². The molecule has 2 heterocycles. The molecular weight excluding hydrogens is 634 g/mol. The normalized spacial score (nSPS) is 12.0. The van der Waals surface area contributed by atoms with Crippen LogP contribution >= 0.6 is 8.60 Å². The van der Waals surface area contributed by atoms with E-state index in [9.17, 15) is 9.28 Å². The molecule has 0 bridgehead atoms. The van der Waals surface area contributed by atoms with Gasteiger partial charge in [-0.3, -0.25) is 0 Å². The number of aliphatic hydroxyl groups is 1. The zero-order valence-corrected chi connectivity index (χ0v) is 29.5. The number of fused-ring (bicyclic) bond motifs is 1. The number of benzene rings is 1. The highest BCUT2D eigenvalue weighted by molar-refractivity contribution is 7.40.